The Bertz CT molecular complexity index is 793. The van der Waals surface area contributed by atoms with E-state index in [1.165, 1.54) is 0 Å². The van der Waals surface area contributed by atoms with Crippen molar-refractivity contribution in [3.8, 4) is 0 Å². The minimum atomic E-state index is -0.374. The number of hydrogen-bond donors (Lipinski definition) is 1. The van der Waals surface area contributed by atoms with Gasteiger partial charge in [0.1, 0.15) is 5.69 Å². The maximum Gasteiger partial charge on any atom is 0.334 e. The van der Waals surface area contributed by atoms with Crippen LogP contribution in [0.25, 0.3) is 0 Å². The summed E-state index contributed by atoms with van der Waals surface area (Å²) in [6, 6.07) is 9.78. The number of benzene rings is 1. The number of anilines is 2. The Balaban J connectivity index is 2.52. The summed E-state index contributed by atoms with van der Waals surface area (Å²) < 4.78 is 0. The van der Waals surface area contributed by atoms with Crippen LogP contribution in [-0.2, 0) is 6.54 Å². The van der Waals surface area contributed by atoms with Crippen LogP contribution < -0.4 is 10.2 Å². The minimum Gasteiger partial charge on any atom is -0.375 e. The largest absolute Gasteiger partial charge is 0.375 e. The fourth-order valence-corrected chi connectivity index (χ4v) is 2.72. The van der Waals surface area contributed by atoms with E-state index >= 15 is 0 Å². The van der Waals surface area contributed by atoms with E-state index in [1.54, 1.807) is 17.1 Å². The Morgan fingerprint density at radius 1 is 1.19 bits per heavy atom. The van der Waals surface area contributed by atoms with Crippen molar-refractivity contribution in [2.24, 2.45) is 0 Å². The van der Waals surface area contributed by atoms with Gasteiger partial charge in [-0.1, -0.05) is 42.5 Å². The van der Waals surface area contributed by atoms with E-state index < -0.39 is 0 Å². The van der Waals surface area contributed by atoms with Crippen LogP contribution in [0.4, 0.5) is 17.2 Å². The highest BCUT2D eigenvalue weighted by atomic mass is 16.6. The lowest BCUT2D eigenvalue weighted by molar-refractivity contribution is -0.383. The molecule has 2 rings (SSSR count). The fraction of sp³-hybridized carbons (Fsp3) is 0.250. The predicted octanol–water partition coefficient (Wildman–Crippen LogP) is 4.40. The topological polar surface area (TPSA) is 71.3 Å². The highest BCUT2D eigenvalue weighted by molar-refractivity contribution is 5.78. The zero-order valence-corrected chi connectivity index (χ0v) is 15.2. The summed E-state index contributed by atoms with van der Waals surface area (Å²) in [5, 5.41) is 15.1. The quantitative estimate of drug-likeness (QED) is 0.411. The molecule has 0 unspecified atom stereocenters. The molecule has 0 aliphatic heterocycles. The molecule has 1 aromatic carbocycles. The summed E-state index contributed by atoms with van der Waals surface area (Å²) >= 11 is 0. The highest BCUT2D eigenvalue weighted by Crippen LogP contribution is 2.38. The molecular formula is C20H24N4O2. The Labute approximate surface area is 154 Å². The van der Waals surface area contributed by atoms with Gasteiger partial charge in [-0.3, -0.25) is 10.1 Å². The summed E-state index contributed by atoms with van der Waals surface area (Å²) in [4.78, 5) is 17.8. The molecular weight excluding hydrogens is 328 g/mol. The smallest absolute Gasteiger partial charge is 0.334 e. The molecule has 0 saturated carbocycles. The molecule has 26 heavy (non-hydrogen) atoms. The van der Waals surface area contributed by atoms with Gasteiger partial charge in [0.2, 0.25) is 5.82 Å². The van der Waals surface area contributed by atoms with Crippen LogP contribution in [0.1, 0.15) is 16.8 Å². The van der Waals surface area contributed by atoms with Crippen LogP contribution in [0.15, 0.2) is 55.6 Å². The second kappa shape index (κ2) is 8.80. The first-order valence-electron chi connectivity index (χ1n) is 8.39. The van der Waals surface area contributed by atoms with Crippen molar-refractivity contribution in [1.29, 1.82) is 0 Å². The number of nitrogens with zero attached hydrogens (tertiary/aromatic N) is 3. The van der Waals surface area contributed by atoms with Crippen molar-refractivity contribution in [3.63, 3.8) is 0 Å². The molecule has 1 N–H and O–H groups in total. The Morgan fingerprint density at radius 3 is 2.35 bits per heavy atom. The predicted molar refractivity (Wildman–Crippen MR) is 107 cm³/mol. The average molecular weight is 352 g/mol. The molecule has 0 spiro atoms. The maximum atomic E-state index is 11.9. The van der Waals surface area contributed by atoms with Crippen molar-refractivity contribution in [2.45, 2.75) is 20.4 Å². The van der Waals surface area contributed by atoms with Crippen LogP contribution in [0.5, 0.6) is 0 Å². The van der Waals surface area contributed by atoms with Crippen molar-refractivity contribution >= 4 is 17.2 Å². The van der Waals surface area contributed by atoms with Gasteiger partial charge < -0.3 is 10.2 Å². The minimum absolute atomic E-state index is 0.0206. The van der Waals surface area contributed by atoms with Gasteiger partial charge in [0.05, 0.1) is 4.92 Å². The van der Waals surface area contributed by atoms with Crippen LogP contribution in [0, 0.1) is 24.0 Å². The number of aromatic nitrogens is 1. The lowest BCUT2D eigenvalue weighted by atomic mass is 10.1. The standard InChI is InChI=1S/C20H24N4O2/c1-5-12-23(13-6-2)20-19(24(25)26)18(15(3)16(4)22-20)21-14-17-10-8-7-9-11-17/h5-11H,1-2,12-14H2,3-4H3,(H,21,22). The SMILES string of the molecule is C=CCN(CC=C)c1nc(C)c(C)c(NCc2ccccc2)c1[N+](=O)[O-]. The molecule has 0 fully saturated rings. The molecule has 0 aliphatic carbocycles. The molecule has 0 amide bonds. The summed E-state index contributed by atoms with van der Waals surface area (Å²) in [5.74, 6) is 0.327. The molecule has 0 radical (unpaired) electrons. The molecule has 0 atom stereocenters. The maximum absolute atomic E-state index is 11.9. The van der Waals surface area contributed by atoms with Crippen LogP contribution >= 0.6 is 0 Å². The number of pyridine rings is 1. The van der Waals surface area contributed by atoms with Gasteiger partial charge in [-0.15, -0.1) is 13.2 Å². The second-order valence-corrected chi connectivity index (χ2v) is 5.95. The van der Waals surface area contributed by atoms with Gasteiger partial charge >= 0.3 is 5.69 Å². The highest BCUT2D eigenvalue weighted by Gasteiger charge is 2.28. The van der Waals surface area contributed by atoms with Gasteiger partial charge in [-0.05, 0) is 19.4 Å². The van der Waals surface area contributed by atoms with E-state index in [0.29, 0.717) is 31.1 Å². The first-order valence-corrected chi connectivity index (χ1v) is 8.39. The number of rotatable bonds is 9. The number of hydrogen-bond acceptors (Lipinski definition) is 5. The van der Waals surface area contributed by atoms with Crippen LogP contribution in [0.3, 0.4) is 0 Å². The molecule has 0 bridgehead atoms. The number of aryl methyl sites for hydroxylation is 1. The summed E-state index contributed by atoms with van der Waals surface area (Å²) in [7, 11) is 0. The number of nitrogens with one attached hydrogen (secondary N) is 1. The van der Waals surface area contributed by atoms with Gasteiger partial charge in [-0.25, -0.2) is 4.98 Å². The second-order valence-electron chi connectivity index (χ2n) is 5.95. The van der Waals surface area contributed by atoms with Gasteiger partial charge in [0, 0.05) is 30.9 Å². The van der Waals surface area contributed by atoms with Crippen LogP contribution in [-0.4, -0.2) is 23.0 Å². The molecule has 2 aromatic rings. The zero-order valence-electron chi connectivity index (χ0n) is 15.2. The first-order chi connectivity index (χ1) is 12.5. The van der Waals surface area contributed by atoms with Crippen LogP contribution in [0.2, 0.25) is 0 Å². The third-order valence-electron chi connectivity index (χ3n) is 4.13. The monoisotopic (exact) mass is 352 g/mol. The van der Waals surface area contributed by atoms with E-state index in [1.807, 2.05) is 44.2 Å². The number of nitro groups is 1. The van der Waals surface area contributed by atoms with Crippen molar-refractivity contribution < 1.29 is 4.92 Å². The summed E-state index contributed by atoms with van der Waals surface area (Å²) in [6.07, 6.45) is 3.39. The molecule has 0 saturated heterocycles. The van der Waals surface area contributed by atoms with Crippen molar-refractivity contribution in [3.05, 3.63) is 82.6 Å². The Morgan fingerprint density at radius 2 is 1.81 bits per heavy atom. The molecule has 6 nitrogen and oxygen atoms in total. The van der Waals surface area contributed by atoms with Gasteiger partial charge in [0.15, 0.2) is 0 Å². The van der Waals surface area contributed by atoms with E-state index in [0.717, 1.165) is 16.8 Å². The third-order valence-corrected chi connectivity index (χ3v) is 4.13. The van der Waals surface area contributed by atoms with Crippen molar-refractivity contribution in [2.75, 3.05) is 23.3 Å². The van der Waals surface area contributed by atoms with E-state index in [-0.39, 0.29) is 10.6 Å². The Hall–Kier alpha value is -3.15. The van der Waals surface area contributed by atoms with E-state index in [4.69, 9.17) is 0 Å². The molecule has 1 heterocycles. The fourth-order valence-electron chi connectivity index (χ4n) is 2.72. The van der Waals surface area contributed by atoms with E-state index in [2.05, 4.69) is 23.5 Å². The molecule has 136 valence electrons. The average Bonchev–Trinajstić information content (AvgIpc) is 2.63. The van der Waals surface area contributed by atoms with Gasteiger partial charge in [0.25, 0.3) is 0 Å². The third kappa shape index (κ3) is 4.27. The lowest BCUT2D eigenvalue weighted by Crippen LogP contribution is -2.26. The normalized spacial score (nSPS) is 10.2. The molecule has 0 aliphatic rings. The summed E-state index contributed by atoms with van der Waals surface area (Å²) in [6.45, 7) is 12.6. The van der Waals surface area contributed by atoms with E-state index in [9.17, 15) is 10.1 Å². The molecule has 6 heteroatoms. The summed E-state index contributed by atoms with van der Waals surface area (Å²) in [5.41, 5.74) is 3.05. The van der Waals surface area contributed by atoms with Crippen molar-refractivity contribution in [1.82, 2.24) is 4.98 Å². The first kappa shape index (κ1) is 19.2. The van der Waals surface area contributed by atoms with Gasteiger partial charge in [-0.2, -0.15) is 0 Å². The lowest BCUT2D eigenvalue weighted by Gasteiger charge is -2.23. The zero-order chi connectivity index (χ0) is 19.1. The molecule has 1 aromatic heterocycles. The Kier molecular flexibility index (Phi) is 6.49.